The van der Waals surface area contributed by atoms with Gasteiger partial charge < -0.3 is 14.5 Å². The molecule has 3 aliphatic heterocycles. The number of ether oxygens (including phenoxy) is 1. The van der Waals surface area contributed by atoms with E-state index in [0.29, 0.717) is 39.2 Å². The van der Waals surface area contributed by atoms with Crippen LogP contribution < -0.4 is 0 Å². The third-order valence-corrected chi connectivity index (χ3v) is 6.94. The second kappa shape index (κ2) is 9.02. The van der Waals surface area contributed by atoms with E-state index in [4.69, 9.17) is 4.74 Å². The number of aryl methyl sites for hydroxylation is 1. The Balaban J connectivity index is 1.35. The van der Waals surface area contributed by atoms with E-state index in [-0.39, 0.29) is 17.9 Å². The fourth-order valence-electron chi connectivity index (χ4n) is 5.04. The van der Waals surface area contributed by atoms with Crippen molar-refractivity contribution in [2.45, 2.75) is 63.6 Å². The monoisotopic (exact) mass is 414 g/mol. The Hall–Kier alpha value is -1.99. The van der Waals surface area contributed by atoms with Crippen molar-refractivity contribution in [2.75, 3.05) is 39.8 Å². The fraction of sp³-hybridized carbons (Fsp3) is 0.696. The first-order valence-electron chi connectivity index (χ1n) is 11.3. The summed E-state index contributed by atoms with van der Waals surface area (Å²) in [5.74, 6) is 0.377. The van der Waals surface area contributed by atoms with Crippen molar-refractivity contribution in [3.63, 3.8) is 0 Å². The zero-order chi connectivity index (χ0) is 21.1. The molecule has 0 aromatic carbocycles. The van der Waals surface area contributed by atoms with Gasteiger partial charge >= 0.3 is 0 Å². The molecular formula is C23H34N4O3. The Morgan fingerprint density at radius 2 is 2.00 bits per heavy atom. The molecule has 1 aromatic heterocycles. The summed E-state index contributed by atoms with van der Waals surface area (Å²) in [4.78, 5) is 36.6. The summed E-state index contributed by atoms with van der Waals surface area (Å²) in [6.45, 7) is 5.97. The van der Waals surface area contributed by atoms with Crippen LogP contribution in [-0.4, -0.2) is 83.0 Å². The van der Waals surface area contributed by atoms with Gasteiger partial charge in [-0.25, -0.2) is 0 Å². The van der Waals surface area contributed by atoms with E-state index in [0.717, 1.165) is 43.6 Å². The quantitative estimate of drug-likeness (QED) is 0.757. The number of amides is 2. The number of pyridine rings is 1. The fourth-order valence-corrected chi connectivity index (χ4v) is 5.04. The molecule has 1 spiro atoms. The van der Waals surface area contributed by atoms with E-state index < -0.39 is 5.60 Å². The Bertz CT molecular complexity index is 775. The van der Waals surface area contributed by atoms with Crippen LogP contribution in [0, 0.1) is 6.92 Å². The third kappa shape index (κ3) is 4.67. The number of nitrogens with zero attached hydrogens (tertiary/aromatic N) is 4. The van der Waals surface area contributed by atoms with E-state index >= 15 is 0 Å². The predicted molar refractivity (Wildman–Crippen MR) is 114 cm³/mol. The maximum atomic E-state index is 13.0. The molecular weight excluding hydrogens is 380 g/mol. The van der Waals surface area contributed by atoms with Crippen LogP contribution in [0.2, 0.25) is 0 Å². The molecule has 0 bridgehead atoms. The van der Waals surface area contributed by atoms with Gasteiger partial charge in [-0.2, -0.15) is 0 Å². The van der Waals surface area contributed by atoms with Crippen molar-refractivity contribution in [3.05, 3.63) is 29.6 Å². The molecule has 30 heavy (non-hydrogen) atoms. The summed E-state index contributed by atoms with van der Waals surface area (Å²) in [6.07, 6.45) is 5.11. The highest BCUT2D eigenvalue weighted by Crippen LogP contribution is 2.33. The van der Waals surface area contributed by atoms with Crippen LogP contribution in [0.1, 0.15) is 49.9 Å². The number of hydrogen-bond acceptors (Lipinski definition) is 5. The molecule has 3 aliphatic rings. The lowest BCUT2D eigenvalue weighted by Crippen LogP contribution is -2.54. The Labute approximate surface area is 179 Å². The van der Waals surface area contributed by atoms with Crippen LogP contribution in [0.15, 0.2) is 18.2 Å². The number of piperidine rings is 2. The largest absolute Gasteiger partial charge is 0.372 e. The molecule has 3 saturated heterocycles. The van der Waals surface area contributed by atoms with E-state index in [2.05, 4.69) is 16.9 Å². The third-order valence-electron chi connectivity index (χ3n) is 6.94. The minimum atomic E-state index is -0.429. The standard InChI is InChI=1S/C23H34N4O3/c1-18-6-5-7-19(24-18)17-27-14-15-30-23(16-21(27)28)9-12-26(13-10-23)22(29)20-8-3-4-11-25(20)2/h5-7,20H,3-4,8-17H2,1-2H3. The minimum absolute atomic E-state index is 0.0156. The van der Waals surface area contributed by atoms with Crippen LogP contribution in [0.25, 0.3) is 0 Å². The SMILES string of the molecule is Cc1cccc(CN2CCOC3(CCN(C(=O)C4CCCCN4C)CC3)CC2=O)n1. The molecule has 4 heterocycles. The van der Waals surface area contributed by atoms with Crippen LogP contribution >= 0.6 is 0 Å². The van der Waals surface area contributed by atoms with Crippen molar-refractivity contribution in [1.82, 2.24) is 19.7 Å². The highest BCUT2D eigenvalue weighted by molar-refractivity contribution is 5.82. The smallest absolute Gasteiger partial charge is 0.239 e. The van der Waals surface area contributed by atoms with E-state index in [1.54, 1.807) is 0 Å². The van der Waals surface area contributed by atoms with Gasteiger partial charge in [-0.15, -0.1) is 0 Å². The average Bonchev–Trinajstić information content (AvgIpc) is 2.87. The van der Waals surface area contributed by atoms with Gasteiger partial charge in [0.25, 0.3) is 0 Å². The molecule has 7 heteroatoms. The van der Waals surface area contributed by atoms with Gasteiger partial charge in [-0.3, -0.25) is 19.5 Å². The lowest BCUT2D eigenvalue weighted by molar-refractivity contribution is -0.145. The van der Waals surface area contributed by atoms with Crippen molar-refractivity contribution >= 4 is 11.8 Å². The topological polar surface area (TPSA) is 66.0 Å². The van der Waals surface area contributed by atoms with Gasteiger partial charge in [-0.05, 0) is 58.3 Å². The van der Waals surface area contributed by atoms with E-state index in [1.165, 1.54) is 6.42 Å². The normalized spacial score (nSPS) is 25.4. The first kappa shape index (κ1) is 21.2. The number of aromatic nitrogens is 1. The van der Waals surface area contributed by atoms with Crippen LogP contribution in [-0.2, 0) is 20.9 Å². The van der Waals surface area contributed by atoms with E-state index in [1.807, 2.05) is 34.9 Å². The number of likely N-dealkylation sites (tertiary alicyclic amines) is 2. The lowest BCUT2D eigenvalue weighted by atomic mass is 9.87. The van der Waals surface area contributed by atoms with Crippen molar-refractivity contribution in [2.24, 2.45) is 0 Å². The summed E-state index contributed by atoms with van der Waals surface area (Å²) in [7, 11) is 2.05. The molecule has 0 N–H and O–H groups in total. The molecule has 0 saturated carbocycles. The maximum Gasteiger partial charge on any atom is 0.239 e. The van der Waals surface area contributed by atoms with Crippen molar-refractivity contribution in [1.29, 1.82) is 0 Å². The van der Waals surface area contributed by atoms with Crippen LogP contribution in [0.5, 0.6) is 0 Å². The summed E-state index contributed by atoms with van der Waals surface area (Å²) in [6, 6.07) is 5.93. The molecule has 2 amide bonds. The van der Waals surface area contributed by atoms with E-state index in [9.17, 15) is 9.59 Å². The molecule has 0 radical (unpaired) electrons. The van der Waals surface area contributed by atoms with Gasteiger partial charge in [0.2, 0.25) is 11.8 Å². The molecule has 3 fully saturated rings. The summed E-state index contributed by atoms with van der Waals surface area (Å²) >= 11 is 0. The molecule has 1 unspecified atom stereocenters. The maximum absolute atomic E-state index is 13.0. The van der Waals surface area contributed by atoms with Crippen LogP contribution in [0.3, 0.4) is 0 Å². The molecule has 164 valence electrons. The highest BCUT2D eigenvalue weighted by Gasteiger charge is 2.42. The zero-order valence-corrected chi connectivity index (χ0v) is 18.3. The molecule has 1 aromatic rings. The Morgan fingerprint density at radius 3 is 2.73 bits per heavy atom. The van der Waals surface area contributed by atoms with Crippen molar-refractivity contribution in [3.8, 4) is 0 Å². The molecule has 0 aliphatic carbocycles. The van der Waals surface area contributed by atoms with Gasteiger partial charge in [-0.1, -0.05) is 12.5 Å². The minimum Gasteiger partial charge on any atom is -0.372 e. The first-order chi connectivity index (χ1) is 14.5. The molecule has 4 rings (SSSR count). The number of rotatable bonds is 3. The number of hydrogen-bond donors (Lipinski definition) is 0. The Kier molecular flexibility index (Phi) is 6.39. The van der Waals surface area contributed by atoms with Gasteiger partial charge in [0.1, 0.15) is 0 Å². The number of carbonyl (C=O) groups excluding carboxylic acids is 2. The average molecular weight is 415 g/mol. The zero-order valence-electron chi connectivity index (χ0n) is 18.3. The van der Waals surface area contributed by atoms with Crippen molar-refractivity contribution < 1.29 is 14.3 Å². The lowest BCUT2D eigenvalue weighted by Gasteiger charge is -2.43. The molecule has 7 nitrogen and oxygen atoms in total. The number of carbonyl (C=O) groups is 2. The van der Waals surface area contributed by atoms with Gasteiger partial charge in [0, 0.05) is 25.3 Å². The summed E-state index contributed by atoms with van der Waals surface area (Å²) < 4.78 is 6.26. The van der Waals surface area contributed by atoms with Gasteiger partial charge in [0.15, 0.2) is 0 Å². The highest BCUT2D eigenvalue weighted by atomic mass is 16.5. The van der Waals surface area contributed by atoms with Gasteiger partial charge in [0.05, 0.1) is 36.9 Å². The first-order valence-corrected chi connectivity index (χ1v) is 11.3. The predicted octanol–water partition coefficient (Wildman–Crippen LogP) is 1.98. The summed E-state index contributed by atoms with van der Waals surface area (Å²) in [5.41, 5.74) is 1.45. The summed E-state index contributed by atoms with van der Waals surface area (Å²) in [5, 5.41) is 0. The number of likely N-dealkylation sites (N-methyl/N-ethyl adjacent to an activating group) is 1. The second-order valence-electron chi connectivity index (χ2n) is 9.11. The Morgan fingerprint density at radius 1 is 1.20 bits per heavy atom. The molecule has 1 atom stereocenters. The second-order valence-corrected chi connectivity index (χ2v) is 9.11. The van der Waals surface area contributed by atoms with Crippen LogP contribution in [0.4, 0.5) is 0 Å².